The number of carbonyl (C=O) groups excluding carboxylic acids is 2. The molecule has 0 N–H and O–H groups in total. The average molecular weight is 417 g/mol. The molecule has 1 amide bonds. The van der Waals surface area contributed by atoms with Gasteiger partial charge in [0.15, 0.2) is 0 Å². The maximum absolute atomic E-state index is 12.9. The minimum atomic E-state index is -0.839. The Hall–Kier alpha value is -3.63. The summed E-state index contributed by atoms with van der Waals surface area (Å²) in [7, 11) is 1.24. The third-order valence-electron chi connectivity index (χ3n) is 3.76. The number of pyridine rings is 1. The highest BCUT2D eigenvalue weighted by Gasteiger charge is 2.32. The van der Waals surface area contributed by atoms with Crippen molar-refractivity contribution in [3.63, 3.8) is 0 Å². The van der Waals surface area contributed by atoms with Crippen LogP contribution >= 0.6 is 0 Å². The predicted molar refractivity (Wildman–Crippen MR) is 106 cm³/mol. The van der Waals surface area contributed by atoms with E-state index < -0.39 is 28.3 Å². The van der Waals surface area contributed by atoms with Gasteiger partial charge in [0.25, 0.3) is 0 Å². The number of aryl methyl sites for hydroxylation is 2. The Kier molecular flexibility index (Phi) is 6.65. The van der Waals surface area contributed by atoms with Gasteiger partial charge in [-0.3, -0.25) is 15.0 Å². The topological polar surface area (TPSA) is 138 Å². The average Bonchev–Trinajstić information content (AvgIpc) is 2.63. The van der Waals surface area contributed by atoms with Crippen LogP contribution in [0.15, 0.2) is 18.3 Å². The summed E-state index contributed by atoms with van der Waals surface area (Å²) in [5.74, 6) is -0.527. The van der Waals surface area contributed by atoms with Crippen LogP contribution in [0.3, 0.4) is 0 Å². The van der Waals surface area contributed by atoms with Crippen LogP contribution < -0.4 is 4.90 Å². The number of esters is 1. The standard InChI is InChI=1S/C19H23N5O6/c1-11-15(24(27)28)16(22-12(2)21-11)23(18(26)30-19(3,4)5)10-13-7-8-14(20-9-13)17(25)29-6/h7-9H,10H2,1-6H3. The van der Waals surface area contributed by atoms with Gasteiger partial charge in [0.1, 0.15) is 22.8 Å². The van der Waals surface area contributed by atoms with E-state index >= 15 is 0 Å². The number of nitrogens with zero attached hydrogens (tertiary/aromatic N) is 5. The zero-order valence-electron chi connectivity index (χ0n) is 17.6. The van der Waals surface area contributed by atoms with Crippen molar-refractivity contribution in [2.45, 2.75) is 46.8 Å². The Labute approximate surface area is 173 Å². The van der Waals surface area contributed by atoms with Crippen molar-refractivity contribution >= 4 is 23.6 Å². The van der Waals surface area contributed by atoms with Gasteiger partial charge >= 0.3 is 17.7 Å². The Morgan fingerprint density at radius 3 is 2.37 bits per heavy atom. The van der Waals surface area contributed by atoms with Crippen LogP contribution in [0.25, 0.3) is 0 Å². The molecule has 0 aliphatic carbocycles. The van der Waals surface area contributed by atoms with E-state index in [-0.39, 0.29) is 29.6 Å². The summed E-state index contributed by atoms with van der Waals surface area (Å²) < 4.78 is 10.0. The number of rotatable bonds is 5. The van der Waals surface area contributed by atoms with Crippen molar-refractivity contribution in [2.75, 3.05) is 12.0 Å². The first-order valence-electron chi connectivity index (χ1n) is 8.96. The van der Waals surface area contributed by atoms with E-state index in [2.05, 4.69) is 19.7 Å². The van der Waals surface area contributed by atoms with Crippen LogP contribution in [0.1, 0.15) is 48.3 Å². The lowest BCUT2D eigenvalue weighted by Crippen LogP contribution is -2.37. The predicted octanol–water partition coefficient (Wildman–Crippen LogP) is 3.12. The van der Waals surface area contributed by atoms with Gasteiger partial charge in [-0.25, -0.2) is 24.5 Å². The fourth-order valence-electron chi connectivity index (χ4n) is 2.56. The molecule has 0 bridgehead atoms. The van der Waals surface area contributed by atoms with Gasteiger partial charge in [-0.05, 0) is 46.2 Å². The number of nitro groups is 1. The van der Waals surface area contributed by atoms with Gasteiger partial charge in [-0.2, -0.15) is 0 Å². The first kappa shape index (κ1) is 22.7. The van der Waals surface area contributed by atoms with Gasteiger partial charge in [-0.1, -0.05) is 6.07 Å². The fourth-order valence-corrected chi connectivity index (χ4v) is 2.56. The van der Waals surface area contributed by atoms with E-state index in [1.54, 1.807) is 33.8 Å². The van der Waals surface area contributed by atoms with Crippen molar-refractivity contribution in [3.05, 3.63) is 51.2 Å². The summed E-state index contributed by atoms with van der Waals surface area (Å²) in [4.78, 5) is 48.7. The maximum Gasteiger partial charge on any atom is 0.416 e. The van der Waals surface area contributed by atoms with Crippen LogP contribution in [0, 0.1) is 24.0 Å². The lowest BCUT2D eigenvalue weighted by molar-refractivity contribution is -0.385. The third-order valence-corrected chi connectivity index (χ3v) is 3.76. The van der Waals surface area contributed by atoms with E-state index in [0.29, 0.717) is 5.56 Å². The summed E-state index contributed by atoms with van der Waals surface area (Å²) in [6.07, 6.45) is 0.552. The molecule has 0 aromatic carbocycles. The summed E-state index contributed by atoms with van der Waals surface area (Å²) in [5.41, 5.74) is -0.531. The number of methoxy groups -OCH3 is 1. The largest absolute Gasteiger partial charge is 0.464 e. The zero-order valence-corrected chi connectivity index (χ0v) is 17.6. The van der Waals surface area contributed by atoms with E-state index in [0.717, 1.165) is 4.90 Å². The number of anilines is 1. The molecule has 0 saturated heterocycles. The highest BCUT2D eigenvalue weighted by Crippen LogP contribution is 2.31. The second kappa shape index (κ2) is 8.80. The minimum absolute atomic E-state index is 0.0878. The Morgan fingerprint density at radius 1 is 1.20 bits per heavy atom. The summed E-state index contributed by atoms with van der Waals surface area (Å²) >= 11 is 0. The molecule has 11 heteroatoms. The summed E-state index contributed by atoms with van der Waals surface area (Å²) in [5, 5.41) is 11.7. The zero-order chi connectivity index (χ0) is 22.6. The first-order valence-corrected chi connectivity index (χ1v) is 8.96. The molecule has 2 aromatic rings. The van der Waals surface area contributed by atoms with E-state index in [1.807, 2.05) is 0 Å². The van der Waals surface area contributed by atoms with Crippen molar-refractivity contribution < 1.29 is 24.0 Å². The molecule has 0 unspecified atom stereocenters. The summed E-state index contributed by atoms with van der Waals surface area (Å²) in [6.45, 7) is 7.96. The molecule has 0 aliphatic rings. The second-order valence-electron chi connectivity index (χ2n) is 7.40. The van der Waals surface area contributed by atoms with E-state index in [9.17, 15) is 19.7 Å². The smallest absolute Gasteiger partial charge is 0.416 e. The lowest BCUT2D eigenvalue weighted by atomic mass is 10.2. The number of aromatic nitrogens is 3. The van der Waals surface area contributed by atoms with Crippen LogP contribution in [0.2, 0.25) is 0 Å². The molecule has 2 aromatic heterocycles. The van der Waals surface area contributed by atoms with Crippen LogP contribution in [-0.2, 0) is 16.0 Å². The molecule has 0 saturated carbocycles. The van der Waals surface area contributed by atoms with Crippen molar-refractivity contribution in [2.24, 2.45) is 0 Å². The van der Waals surface area contributed by atoms with Gasteiger partial charge in [0.2, 0.25) is 5.82 Å². The van der Waals surface area contributed by atoms with Crippen molar-refractivity contribution in [1.82, 2.24) is 15.0 Å². The van der Waals surface area contributed by atoms with Crippen molar-refractivity contribution in [1.29, 1.82) is 0 Å². The Morgan fingerprint density at radius 2 is 1.87 bits per heavy atom. The van der Waals surface area contributed by atoms with Gasteiger partial charge in [-0.15, -0.1) is 0 Å². The molecular formula is C19H23N5O6. The summed E-state index contributed by atoms with van der Waals surface area (Å²) in [6, 6.07) is 2.99. The third kappa shape index (κ3) is 5.46. The van der Waals surface area contributed by atoms with Crippen molar-refractivity contribution in [3.8, 4) is 0 Å². The molecule has 2 heterocycles. The number of hydrogen-bond donors (Lipinski definition) is 0. The lowest BCUT2D eigenvalue weighted by Gasteiger charge is -2.27. The molecule has 160 valence electrons. The first-order chi connectivity index (χ1) is 13.9. The Balaban J connectivity index is 2.53. The minimum Gasteiger partial charge on any atom is -0.464 e. The Bertz CT molecular complexity index is 969. The molecule has 11 nitrogen and oxygen atoms in total. The second-order valence-corrected chi connectivity index (χ2v) is 7.40. The van der Waals surface area contributed by atoms with Gasteiger partial charge in [0.05, 0.1) is 18.6 Å². The normalized spacial score (nSPS) is 11.0. The molecular weight excluding hydrogens is 394 g/mol. The molecule has 0 radical (unpaired) electrons. The number of hydrogen-bond acceptors (Lipinski definition) is 9. The quantitative estimate of drug-likeness (QED) is 0.408. The SMILES string of the molecule is COC(=O)c1ccc(CN(C(=O)OC(C)(C)C)c2nc(C)nc(C)c2[N+](=O)[O-])cn1. The van der Waals surface area contributed by atoms with Crippen LogP contribution in [0.5, 0.6) is 0 Å². The van der Waals surface area contributed by atoms with Crippen LogP contribution in [0.4, 0.5) is 16.3 Å². The number of ether oxygens (including phenoxy) is 2. The molecule has 0 atom stereocenters. The fraction of sp³-hybridized carbons (Fsp3) is 0.421. The highest BCUT2D eigenvalue weighted by molar-refractivity contribution is 5.90. The highest BCUT2D eigenvalue weighted by atomic mass is 16.6. The van der Waals surface area contributed by atoms with E-state index in [4.69, 9.17) is 4.74 Å². The van der Waals surface area contributed by atoms with E-state index in [1.165, 1.54) is 26.3 Å². The molecule has 0 spiro atoms. The number of amides is 1. The molecule has 30 heavy (non-hydrogen) atoms. The molecule has 0 aliphatic heterocycles. The van der Waals surface area contributed by atoms with Gasteiger partial charge in [0, 0.05) is 6.20 Å². The molecule has 2 rings (SSSR count). The molecule has 0 fully saturated rings. The van der Waals surface area contributed by atoms with Crippen LogP contribution in [-0.4, -0.2) is 44.6 Å². The van der Waals surface area contributed by atoms with Gasteiger partial charge < -0.3 is 9.47 Å². The number of carbonyl (C=O) groups is 2. The monoisotopic (exact) mass is 417 g/mol. The maximum atomic E-state index is 12.9.